The van der Waals surface area contributed by atoms with Gasteiger partial charge in [0.25, 0.3) is 5.91 Å². The zero-order valence-corrected chi connectivity index (χ0v) is 17.7. The van der Waals surface area contributed by atoms with Crippen LogP contribution in [0.15, 0.2) is 42.6 Å². The number of aryl methyl sites for hydroxylation is 2. The highest BCUT2D eigenvalue weighted by atomic mass is 35.5. The average molecular weight is 415 g/mol. The van der Waals surface area contributed by atoms with Crippen molar-refractivity contribution in [3.05, 3.63) is 69.3 Å². The summed E-state index contributed by atoms with van der Waals surface area (Å²) in [7, 11) is 0. The van der Waals surface area contributed by atoms with Gasteiger partial charge in [-0.15, -0.1) is 0 Å². The number of pyridine rings is 1. The summed E-state index contributed by atoms with van der Waals surface area (Å²) in [6.45, 7) is 4.36. The molecule has 0 atom stereocenters. The van der Waals surface area contributed by atoms with Gasteiger partial charge in [-0.2, -0.15) is 0 Å². The second-order valence-electron chi connectivity index (χ2n) is 6.83. The van der Waals surface area contributed by atoms with Gasteiger partial charge in [-0.1, -0.05) is 68.1 Å². The van der Waals surface area contributed by atoms with Crippen LogP contribution in [0, 0.1) is 0 Å². The van der Waals surface area contributed by atoms with Crippen molar-refractivity contribution in [1.82, 2.24) is 4.98 Å². The van der Waals surface area contributed by atoms with Gasteiger partial charge in [0.15, 0.2) is 0 Å². The van der Waals surface area contributed by atoms with Crippen LogP contribution in [0.4, 0.5) is 5.69 Å². The number of hydrogen-bond acceptors (Lipinski definition) is 2. The number of para-hydroxylation sites is 1. The van der Waals surface area contributed by atoms with Crippen molar-refractivity contribution in [2.24, 2.45) is 0 Å². The predicted molar refractivity (Wildman–Crippen MR) is 119 cm³/mol. The molecule has 0 aliphatic rings. The Kier molecular flexibility index (Phi) is 6.93. The van der Waals surface area contributed by atoms with E-state index in [4.69, 9.17) is 23.2 Å². The van der Waals surface area contributed by atoms with E-state index >= 15 is 0 Å². The molecule has 3 nitrogen and oxygen atoms in total. The van der Waals surface area contributed by atoms with Crippen LogP contribution in [0.25, 0.3) is 10.9 Å². The van der Waals surface area contributed by atoms with Gasteiger partial charge in [0.05, 0.1) is 26.8 Å². The maximum absolute atomic E-state index is 12.8. The molecule has 5 heteroatoms. The third kappa shape index (κ3) is 4.31. The van der Waals surface area contributed by atoms with Gasteiger partial charge >= 0.3 is 0 Å². The number of carbonyl (C=O) groups is 1. The number of fused-ring (bicyclic) bond motifs is 1. The molecule has 0 spiro atoms. The molecule has 3 aromatic rings. The van der Waals surface area contributed by atoms with E-state index in [2.05, 4.69) is 30.2 Å². The first-order valence-electron chi connectivity index (χ1n) is 9.71. The molecule has 1 aromatic heterocycles. The number of rotatable bonds is 7. The van der Waals surface area contributed by atoms with Crippen molar-refractivity contribution in [1.29, 1.82) is 0 Å². The van der Waals surface area contributed by atoms with Crippen LogP contribution in [-0.2, 0) is 12.8 Å². The summed E-state index contributed by atoms with van der Waals surface area (Å²) < 4.78 is 0. The topological polar surface area (TPSA) is 42.0 Å². The molecule has 0 fully saturated rings. The third-order valence-electron chi connectivity index (χ3n) is 4.95. The summed E-state index contributed by atoms with van der Waals surface area (Å²) in [5.41, 5.74) is 4.32. The highest BCUT2D eigenvalue weighted by Crippen LogP contribution is 2.30. The fourth-order valence-electron chi connectivity index (χ4n) is 3.47. The number of amides is 1. The Bertz CT molecular complexity index is 981. The van der Waals surface area contributed by atoms with Crippen molar-refractivity contribution in [3.63, 3.8) is 0 Å². The van der Waals surface area contributed by atoms with Crippen LogP contribution in [0.5, 0.6) is 0 Å². The molecule has 0 radical (unpaired) electrons. The lowest BCUT2D eigenvalue weighted by molar-refractivity contribution is 0.102. The zero-order chi connectivity index (χ0) is 20.1. The minimum Gasteiger partial charge on any atom is -0.320 e. The second-order valence-corrected chi connectivity index (χ2v) is 7.64. The standard InChI is InChI=1S/C23H24Cl2N2O/c1-3-5-6-9-16-15(4-2)14-26-22-17(16)10-7-13-20(22)27-23(28)21-18(24)11-8-12-19(21)25/h7-8,10-14H,3-6,9H2,1-2H3,(H,27,28). The lowest BCUT2D eigenvalue weighted by atomic mass is 9.96. The van der Waals surface area contributed by atoms with Gasteiger partial charge in [0.2, 0.25) is 0 Å². The Labute approximate surface area is 176 Å². The lowest BCUT2D eigenvalue weighted by Gasteiger charge is -2.15. The number of nitrogens with one attached hydrogen (secondary N) is 1. The van der Waals surface area contributed by atoms with Gasteiger partial charge in [0, 0.05) is 11.6 Å². The molecular formula is C23H24Cl2N2O. The quantitative estimate of drug-likeness (QED) is 0.419. The Morgan fingerprint density at radius 2 is 1.75 bits per heavy atom. The van der Waals surface area contributed by atoms with Crippen LogP contribution in [0.3, 0.4) is 0 Å². The van der Waals surface area contributed by atoms with Gasteiger partial charge in [-0.05, 0) is 48.6 Å². The summed E-state index contributed by atoms with van der Waals surface area (Å²) in [6.07, 6.45) is 7.43. The molecule has 3 rings (SSSR count). The molecule has 0 saturated carbocycles. The third-order valence-corrected chi connectivity index (χ3v) is 5.58. The molecule has 0 aliphatic carbocycles. The minimum absolute atomic E-state index is 0.274. The molecule has 0 unspecified atom stereocenters. The first-order chi connectivity index (χ1) is 13.6. The number of nitrogens with zero attached hydrogens (tertiary/aromatic N) is 1. The fourth-order valence-corrected chi connectivity index (χ4v) is 4.04. The highest BCUT2D eigenvalue weighted by molar-refractivity contribution is 6.40. The number of halogens is 2. The molecule has 0 saturated heterocycles. The van der Waals surface area contributed by atoms with Gasteiger partial charge < -0.3 is 5.32 Å². The minimum atomic E-state index is -0.336. The molecule has 2 aromatic carbocycles. The Morgan fingerprint density at radius 3 is 2.43 bits per heavy atom. The number of benzene rings is 2. The van der Waals surface area contributed by atoms with Crippen molar-refractivity contribution < 1.29 is 4.79 Å². The van der Waals surface area contributed by atoms with Crippen molar-refractivity contribution in [3.8, 4) is 0 Å². The van der Waals surface area contributed by atoms with E-state index in [0.29, 0.717) is 15.7 Å². The van der Waals surface area contributed by atoms with Crippen LogP contribution in [0.1, 0.15) is 54.6 Å². The smallest absolute Gasteiger partial charge is 0.258 e. The highest BCUT2D eigenvalue weighted by Gasteiger charge is 2.17. The van der Waals surface area contributed by atoms with E-state index < -0.39 is 0 Å². The van der Waals surface area contributed by atoms with Crippen LogP contribution < -0.4 is 5.32 Å². The molecule has 1 N–H and O–H groups in total. The molecule has 1 amide bonds. The van der Waals surface area contributed by atoms with E-state index in [1.807, 2.05) is 18.3 Å². The van der Waals surface area contributed by atoms with Gasteiger partial charge in [-0.25, -0.2) is 0 Å². The van der Waals surface area contributed by atoms with Crippen LogP contribution >= 0.6 is 23.2 Å². The maximum Gasteiger partial charge on any atom is 0.258 e. The molecule has 0 aliphatic heterocycles. The number of carbonyl (C=O) groups excluding carboxylic acids is 1. The lowest BCUT2D eigenvalue weighted by Crippen LogP contribution is -2.14. The summed E-state index contributed by atoms with van der Waals surface area (Å²) in [4.78, 5) is 17.5. The number of aromatic nitrogens is 1. The predicted octanol–water partition coefficient (Wildman–Crippen LogP) is 7.09. The summed E-state index contributed by atoms with van der Waals surface area (Å²) in [5, 5.41) is 4.69. The monoisotopic (exact) mass is 414 g/mol. The van der Waals surface area contributed by atoms with E-state index in [1.54, 1.807) is 18.2 Å². The largest absolute Gasteiger partial charge is 0.320 e. The van der Waals surface area contributed by atoms with Crippen LogP contribution in [0.2, 0.25) is 10.0 Å². The SMILES string of the molecule is CCCCCc1c(CC)cnc2c(NC(=O)c3c(Cl)cccc3Cl)cccc12. The number of hydrogen-bond donors (Lipinski definition) is 1. The van der Waals surface area contributed by atoms with E-state index in [1.165, 1.54) is 24.0 Å². The van der Waals surface area contributed by atoms with Crippen molar-refractivity contribution in [2.75, 3.05) is 5.32 Å². The Morgan fingerprint density at radius 1 is 1.04 bits per heavy atom. The Hall–Kier alpha value is -2.10. The molecule has 0 bridgehead atoms. The second kappa shape index (κ2) is 9.40. The number of unbranched alkanes of at least 4 members (excludes halogenated alkanes) is 2. The molecule has 28 heavy (non-hydrogen) atoms. The molecular weight excluding hydrogens is 391 g/mol. The van der Waals surface area contributed by atoms with E-state index in [0.717, 1.165) is 30.2 Å². The van der Waals surface area contributed by atoms with E-state index in [-0.39, 0.29) is 11.5 Å². The van der Waals surface area contributed by atoms with Crippen molar-refractivity contribution in [2.45, 2.75) is 46.0 Å². The first kappa shape index (κ1) is 20.6. The summed E-state index contributed by atoms with van der Waals surface area (Å²) in [6, 6.07) is 10.9. The van der Waals surface area contributed by atoms with Crippen LogP contribution in [-0.4, -0.2) is 10.9 Å². The fraction of sp³-hybridized carbons (Fsp3) is 0.304. The van der Waals surface area contributed by atoms with E-state index in [9.17, 15) is 4.79 Å². The normalized spacial score (nSPS) is 11.0. The van der Waals surface area contributed by atoms with Gasteiger partial charge in [-0.3, -0.25) is 9.78 Å². The zero-order valence-electron chi connectivity index (χ0n) is 16.2. The van der Waals surface area contributed by atoms with Crippen molar-refractivity contribution >= 4 is 45.7 Å². The Balaban J connectivity index is 2.00. The maximum atomic E-state index is 12.8. The van der Waals surface area contributed by atoms with Gasteiger partial charge in [0.1, 0.15) is 0 Å². The summed E-state index contributed by atoms with van der Waals surface area (Å²) >= 11 is 12.4. The summed E-state index contributed by atoms with van der Waals surface area (Å²) in [5.74, 6) is -0.336. The first-order valence-corrected chi connectivity index (χ1v) is 10.5. The molecule has 1 heterocycles. The average Bonchev–Trinajstić information content (AvgIpc) is 2.68. The number of anilines is 1. The molecule has 146 valence electrons.